The second-order valence-electron chi connectivity index (χ2n) is 7.93. The van der Waals surface area contributed by atoms with E-state index in [-0.39, 0.29) is 18.3 Å². The van der Waals surface area contributed by atoms with Gasteiger partial charge in [0.15, 0.2) is 0 Å². The first-order chi connectivity index (χ1) is 14.9. The maximum atomic E-state index is 13.4. The van der Waals surface area contributed by atoms with Gasteiger partial charge >= 0.3 is 5.97 Å². The zero-order chi connectivity index (χ0) is 21.7. The van der Waals surface area contributed by atoms with Crippen molar-refractivity contribution in [3.8, 4) is 0 Å². The molecule has 0 bridgehead atoms. The minimum absolute atomic E-state index is 0.00627. The normalized spacial score (nSPS) is 15.9. The minimum atomic E-state index is -0.840. The fourth-order valence-electron chi connectivity index (χ4n) is 4.54. The molecule has 2 aromatic heterocycles. The van der Waals surface area contributed by atoms with Crippen LogP contribution in [0.3, 0.4) is 0 Å². The van der Waals surface area contributed by atoms with E-state index in [0.717, 1.165) is 35.0 Å². The van der Waals surface area contributed by atoms with Crippen molar-refractivity contribution in [3.63, 3.8) is 0 Å². The van der Waals surface area contributed by atoms with Gasteiger partial charge in [-0.15, -0.1) is 0 Å². The van der Waals surface area contributed by atoms with Crippen LogP contribution < -0.4 is 4.90 Å². The average Bonchev–Trinajstić information content (AvgIpc) is 3.04. The van der Waals surface area contributed by atoms with Gasteiger partial charge < -0.3 is 14.6 Å². The SMILES string of the molecule is CN(c1cnc2cc(F)ccc2n1)C1CCc2c(CC(=O)O)c3ccc(Cl)cc3n2C1. The topological polar surface area (TPSA) is 71.2 Å². The molecule has 0 saturated heterocycles. The van der Waals surface area contributed by atoms with Crippen LogP contribution in [0.2, 0.25) is 5.02 Å². The molecule has 0 amide bonds. The first kappa shape index (κ1) is 19.8. The van der Waals surface area contributed by atoms with Crippen molar-refractivity contribution in [1.29, 1.82) is 0 Å². The molecule has 0 saturated carbocycles. The number of carboxylic acids is 1. The van der Waals surface area contributed by atoms with E-state index in [1.54, 1.807) is 18.3 Å². The van der Waals surface area contributed by atoms with E-state index in [4.69, 9.17) is 11.6 Å². The second kappa shape index (κ2) is 7.50. The second-order valence-corrected chi connectivity index (χ2v) is 8.37. The van der Waals surface area contributed by atoms with Crippen molar-refractivity contribution in [1.82, 2.24) is 14.5 Å². The van der Waals surface area contributed by atoms with Gasteiger partial charge in [-0.25, -0.2) is 9.37 Å². The molecule has 0 radical (unpaired) electrons. The van der Waals surface area contributed by atoms with Crippen LogP contribution >= 0.6 is 11.6 Å². The molecule has 1 unspecified atom stereocenters. The Hall–Kier alpha value is -3.19. The number of aromatic nitrogens is 3. The fraction of sp³-hybridized carbons (Fsp3) is 0.261. The number of hydrogen-bond acceptors (Lipinski definition) is 4. The van der Waals surface area contributed by atoms with E-state index in [1.165, 1.54) is 12.1 Å². The van der Waals surface area contributed by atoms with Gasteiger partial charge in [0.25, 0.3) is 0 Å². The summed E-state index contributed by atoms with van der Waals surface area (Å²) in [5.74, 6) is -0.460. The Kier molecular flexibility index (Phi) is 4.78. The highest BCUT2D eigenvalue weighted by Gasteiger charge is 2.28. The Bertz CT molecular complexity index is 1340. The number of halogens is 2. The molecule has 158 valence electrons. The molecule has 8 heteroatoms. The molecular weight excluding hydrogens is 419 g/mol. The number of fused-ring (bicyclic) bond motifs is 4. The summed E-state index contributed by atoms with van der Waals surface area (Å²) in [6.45, 7) is 0.686. The molecule has 4 aromatic rings. The lowest BCUT2D eigenvalue weighted by molar-refractivity contribution is -0.136. The molecule has 6 nitrogen and oxygen atoms in total. The third-order valence-electron chi connectivity index (χ3n) is 6.09. The van der Waals surface area contributed by atoms with Gasteiger partial charge in [0, 0.05) is 41.8 Å². The maximum Gasteiger partial charge on any atom is 0.307 e. The van der Waals surface area contributed by atoms with Crippen LogP contribution in [0.25, 0.3) is 21.9 Å². The number of aliphatic carboxylic acids is 1. The molecule has 2 aromatic carbocycles. The van der Waals surface area contributed by atoms with E-state index in [9.17, 15) is 14.3 Å². The Balaban J connectivity index is 1.51. The molecule has 3 heterocycles. The molecule has 1 atom stereocenters. The van der Waals surface area contributed by atoms with Gasteiger partial charge in [-0.3, -0.25) is 9.78 Å². The van der Waals surface area contributed by atoms with E-state index in [1.807, 2.05) is 19.2 Å². The fourth-order valence-corrected chi connectivity index (χ4v) is 4.71. The van der Waals surface area contributed by atoms with Crippen LogP contribution in [-0.4, -0.2) is 38.7 Å². The number of benzene rings is 2. The number of nitrogens with zero attached hydrogens (tertiary/aromatic N) is 4. The lowest BCUT2D eigenvalue weighted by Gasteiger charge is -2.34. The number of hydrogen-bond donors (Lipinski definition) is 1. The van der Waals surface area contributed by atoms with E-state index in [0.29, 0.717) is 28.4 Å². The largest absolute Gasteiger partial charge is 0.481 e. The van der Waals surface area contributed by atoms with Crippen molar-refractivity contribution in [3.05, 3.63) is 64.7 Å². The number of anilines is 1. The average molecular weight is 439 g/mol. The molecule has 0 fully saturated rings. The lowest BCUT2D eigenvalue weighted by atomic mass is 9.99. The third-order valence-corrected chi connectivity index (χ3v) is 6.32. The molecule has 5 rings (SSSR count). The zero-order valence-electron chi connectivity index (χ0n) is 16.8. The summed E-state index contributed by atoms with van der Waals surface area (Å²) in [5, 5.41) is 11.0. The van der Waals surface area contributed by atoms with E-state index < -0.39 is 5.97 Å². The van der Waals surface area contributed by atoms with Crippen LogP contribution in [0.4, 0.5) is 10.2 Å². The molecule has 1 aliphatic rings. The summed E-state index contributed by atoms with van der Waals surface area (Å²) in [6.07, 6.45) is 3.28. The zero-order valence-corrected chi connectivity index (χ0v) is 17.6. The van der Waals surface area contributed by atoms with Crippen LogP contribution in [-0.2, 0) is 24.2 Å². The van der Waals surface area contributed by atoms with Gasteiger partial charge in [0.2, 0.25) is 0 Å². The summed E-state index contributed by atoms with van der Waals surface area (Å²) < 4.78 is 15.6. The molecule has 1 N–H and O–H groups in total. The predicted molar refractivity (Wildman–Crippen MR) is 118 cm³/mol. The summed E-state index contributed by atoms with van der Waals surface area (Å²) >= 11 is 6.25. The van der Waals surface area contributed by atoms with Gasteiger partial charge in [0.05, 0.1) is 29.2 Å². The number of rotatable bonds is 4. The number of carboxylic acid groups (broad SMARTS) is 1. The Morgan fingerprint density at radius 2 is 2.13 bits per heavy atom. The van der Waals surface area contributed by atoms with E-state index in [2.05, 4.69) is 19.4 Å². The Morgan fingerprint density at radius 3 is 2.94 bits per heavy atom. The van der Waals surface area contributed by atoms with Gasteiger partial charge in [0.1, 0.15) is 11.6 Å². The molecule has 31 heavy (non-hydrogen) atoms. The number of likely N-dealkylation sites (N-methyl/N-ethyl adjacent to an activating group) is 1. The maximum absolute atomic E-state index is 13.4. The standard InChI is InChI=1S/C23H20ClFN4O2/c1-28(22-11-26-19-9-14(25)3-6-18(19)27-22)15-4-7-20-17(10-23(30)31)16-5-2-13(24)8-21(16)29(20)12-15/h2-3,5-6,8-9,11,15H,4,7,10,12H2,1H3,(H,30,31). The smallest absolute Gasteiger partial charge is 0.307 e. The predicted octanol–water partition coefficient (Wildman–Crippen LogP) is 4.46. The van der Waals surface area contributed by atoms with Crippen LogP contribution in [0, 0.1) is 5.82 Å². The number of carbonyl (C=O) groups is 1. The molecule has 0 spiro atoms. The quantitative estimate of drug-likeness (QED) is 0.509. The van der Waals surface area contributed by atoms with Gasteiger partial charge in [-0.1, -0.05) is 17.7 Å². The Labute approximate surface area is 182 Å². The molecular formula is C23H20ClFN4O2. The van der Waals surface area contributed by atoms with Gasteiger partial charge in [-0.05, 0) is 42.7 Å². The van der Waals surface area contributed by atoms with Crippen molar-refractivity contribution < 1.29 is 14.3 Å². The van der Waals surface area contributed by atoms with Crippen LogP contribution in [0.15, 0.2) is 42.6 Å². The Morgan fingerprint density at radius 1 is 1.29 bits per heavy atom. The van der Waals surface area contributed by atoms with Crippen molar-refractivity contribution in [2.75, 3.05) is 11.9 Å². The highest BCUT2D eigenvalue weighted by molar-refractivity contribution is 6.31. The van der Waals surface area contributed by atoms with E-state index >= 15 is 0 Å². The highest BCUT2D eigenvalue weighted by atomic mass is 35.5. The summed E-state index contributed by atoms with van der Waals surface area (Å²) in [6, 6.07) is 10.1. The first-order valence-corrected chi connectivity index (χ1v) is 10.4. The van der Waals surface area contributed by atoms with Crippen molar-refractivity contribution >= 4 is 45.3 Å². The van der Waals surface area contributed by atoms with Crippen molar-refractivity contribution in [2.24, 2.45) is 0 Å². The van der Waals surface area contributed by atoms with Crippen LogP contribution in [0.1, 0.15) is 17.7 Å². The third kappa shape index (κ3) is 3.49. The summed E-state index contributed by atoms with van der Waals surface area (Å²) in [7, 11) is 1.98. The molecule has 1 aliphatic heterocycles. The van der Waals surface area contributed by atoms with Gasteiger partial charge in [-0.2, -0.15) is 0 Å². The summed E-state index contributed by atoms with van der Waals surface area (Å²) in [4.78, 5) is 22.6. The lowest BCUT2D eigenvalue weighted by Crippen LogP contribution is -2.39. The first-order valence-electron chi connectivity index (χ1n) is 10.1. The molecule has 0 aliphatic carbocycles. The van der Waals surface area contributed by atoms with Crippen LogP contribution in [0.5, 0.6) is 0 Å². The minimum Gasteiger partial charge on any atom is -0.481 e. The monoisotopic (exact) mass is 438 g/mol. The highest BCUT2D eigenvalue weighted by Crippen LogP contribution is 2.34. The van der Waals surface area contributed by atoms with Crippen molar-refractivity contribution in [2.45, 2.75) is 31.8 Å². The summed E-state index contributed by atoms with van der Waals surface area (Å²) in [5.41, 5.74) is 4.05.